The normalized spacial score (nSPS) is 17.2. The van der Waals surface area contributed by atoms with Crippen LogP contribution in [-0.2, 0) is 9.59 Å². The maximum Gasteiger partial charge on any atom is 0.300 e. The average Bonchev–Trinajstić information content (AvgIpc) is 3.07. The number of anilines is 1. The number of hydrogen-bond acceptors (Lipinski definition) is 5. The highest BCUT2D eigenvalue weighted by atomic mass is 35.5. The topological polar surface area (TPSA) is 87.1 Å². The number of rotatable bonds is 5. The van der Waals surface area contributed by atoms with E-state index in [1.807, 2.05) is 26.0 Å². The molecule has 1 unspecified atom stereocenters. The predicted molar refractivity (Wildman–Crippen MR) is 136 cm³/mol. The van der Waals surface area contributed by atoms with Gasteiger partial charge in [0.05, 0.1) is 18.2 Å². The maximum absolute atomic E-state index is 13.4. The van der Waals surface area contributed by atoms with Gasteiger partial charge in [0.1, 0.15) is 5.76 Å². The number of nitrogens with zero attached hydrogens (tertiary/aromatic N) is 1. The van der Waals surface area contributed by atoms with Crippen LogP contribution in [0.4, 0.5) is 5.69 Å². The molecule has 0 spiro atoms. The van der Waals surface area contributed by atoms with E-state index in [1.54, 1.807) is 50.2 Å². The number of carbonyl (C=O) groups excluding carboxylic acids is 2. The van der Waals surface area contributed by atoms with Gasteiger partial charge in [0, 0.05) is 16.3 Å². The largest absolute Gasteiger partial charge is 0.507 e. The summed E-state index contributed by atoms with van der Waals surface area (Å²) in [5.74, 6) is -1.67. The molecule has 0 bridgehead atoms. The fourth-order valence-electron chi connectivity index (χ4n) is 4.39. The zero-order chi connectivity index (χ0) is 25.4. The number of carbonyl (C=O) groups is 2. The summed E-state index contributed by atoms with van der Waals surface area (Å²) in [5.41, 5.74) is 3.80. The van der Waals surface area contributed by atoms with Crippen LogP contribution in [0.15, 0.2) is 60.2 Å². The summed E-state index contributed by atoms with van der Waals surface area (Å²) in [6.45, 7) is 7.62. The Bertz CT molecular complexity index is 1380. The number of aromatic hydroxyl groups is 1. The van der Waals surface area contributed by atoms with E-state index in [4.69, 9.17) is 16.3 Å². The number of ether oxygens (including phenoxy) is 1. The van der Waals surface area contributed by atoms with E-state index in [-0.39, 0.29) is 22.8 Å². The highest BCUT2D eigenvalue weighted by Gasteiger charge is 2.47. The van der Waals surface area contributed by atoms with Gasteiger partial charge in [-0.2, -0.15) is 0 Å². The fraction of sp³-hybridized carbons (Fsp3) is 0.214. The minimum absolute atomic E-state index is 0.0359. The third kappa shape index (κ3) is 4.37. The number of halogens is 1. The van der Waals surface area contributed by atoms with Gasteiger partial charge in [-0.05, 0) is 80.8 Å². The number of hydrogen-bond donors (Lipinski definition) is 2. The van der Waals surface area contributed by atoms with E-state index in [9.17, 15) is 19.8 Å². The van der Waals surface area contributed by atoms with Gasteiger partial charge >= 0.3 is 0 Å². The Labute approximate surface area is 209 Å². The molecule has 0 aliphatic carbocycles. The molecule has 3 aromatic carbocycles. The van der Waals surface area contributed by atoms with Crippen molar-refractivity contribution in [1.29, 1.82) is 0 Å². The van der Waals surface area contributed by atoms with E-state index < -0.39 is 17.7 Å². The lowest BCUT2D eigenvalue weighted by Gasteiger charge is -2.27. The van der Waals surface area contributed by atoms with E-state index >= 15 is 0 Å². The number of benzene rings is 3. The van der Waals surface area contributed by atoms with Gasteiger partial charge in [0.25, 0.3) is 11.7 Å². The van der Waals surface area contributed by atoms with Gasteiger partial charge in [-0.3, -0.25) is 14.5 Å². The lowest BCUT2D eigenvalue weighted by atomic mass is 9.93. The van der Waals surface area contributed by atoms with Gasteiger partial charge in [0.15, 0.2) is 11.5 Å². The molecule has 1 aliphatic rings. The molecule has 1 fully saturated rings. The van der Waals surface area contributed by atoms with Crippen molar-refractivity contribution in [3.63, 3.8) is 0 Å². The number of amides is 1. The van der Waals surface area contributed by atoms with Crippen molar-refractivity contribution in [3.05, 3.63) is 93.0 Å². The van der Waals surface area contributed by atoms with Crippen molar-refractivity contribution in [3.8, 4) is 11.5 Å². The highest BCUT2D eigenvalue weighted by Crippen LogP contribution is 2.45. The Morgan fingerprint density at radius 2 is 1.74 bits per heavy atom. The van der Waals surface area contributed by atoms with Crippen LogP contribution >= 0.6 is 11.6 Å². The monoisotopic (exact) mass is 491 g/mol. The Morgan fingerprint density at radius 3 is 2.43 bits per heavy atom. The van der Waals surface area contributed by atoms with Crippen LogP contribution in [0.2, 0.25) is 5.02 Å². The van der Waals surface area contributed by atoms with Crippen LogP contribution in [0.1, 0.15) is 40.8 Å². The highest BCUT2D eigenvalue weighted by molar-refractivity contribution is 6.52. The smallest absolute Gasteiger partial charge is 0.300 e. The molecule has 7 heteroatoms. The SMILES string of the molecule is CCOc1cc(C2/C(=C(\O)c3cc(C)ccc3C)C(=O)C(=O)N2c2ccc(Cl)cc2C)ccc1O. The molecule has 0 aromatic heterocycles. The van der Waals surface area contributed by atoms with Crippen LogP contribution in [-0.4, -0.2) is 28.5 Å². The molecule has 6 nitrogen and oxygen atoms in total. The first-order chi connectivity index (χ1) is 16.6. The van der Waals surface area contributed by atoms with Crippen molar-refractivity contribution in [2.75, 3.05) is 11.5 Å². The number of ketones is 1. The molecule has 2 N–H and O–H groups in total. The van der Waals surface area contributed by atoms with Crippen LogP contribution < -0.4 is 9.64 Å². The van der Waals surface area contributed by atoms with E-state index in [2.05, 4.69) is 0 Å². The molecule has 1 amide bonds. The number of Topliss-reactive ketones (excluding diaryl/α,β-unsaturated/α-hetero) is 1. The summed E-state index contributed by atoms with van der Waals surface area (Å²) in [4.78, 5) is 28.2. The van der Waals surface area contributed by atoms with Crippen molar-refractivity contribution >= 4 is 34.7 Å². The number of aliphatic hydroxyl groups excluding tert-OH is 1. The minimum Gasteiger partial charge on any atom is -0.507 e. The third-order valence-electron chi connectivity index (χ3n) is 6.11. The summed E-state index contributed by atoms with van der Waals surface area (Å²) >= 11 is 6.14. The lowest BCUT2D eigenvalue weighted by molar-refractivity contribution is -0.132. The third-order valence-corrected chi connectivity index (χ3v) is 6.35. The molecule has 35 heavy (non-hydrogen) atoms. The first kappa shape index (κ1) is 24.4. The molecule has 1 aliphatic heterocycles. The number of phenolic OH excluding ortho intramolecular Hbond substituents is 1. The number of aryl methyl sites for hydroxylation is 3. The van der Waals surface area contributed by atoms with Crippen LogP contribution in [0.5, 0.6) is 11.5 Å². The second-order valence-electron chi connectivity index (χ2n) is 8.58. The molecular formula is C28H26ClNO5. The zero-order valence-electron chi connectivity index (χ0n) is 19.9. The maximum atomic E-state index is 13.4. The Morgan fingerprint density at radius 1 is 1.00 bits per heavy atom. The quantitative estimate of drug-likeness (QED) is 0.260. The van der Waals surface area contributed by atoms with Crippen molar-refractivity contribution in [2.24, 2.45) is 0 Å². The van der Waals surface area contributed by atoms with Gasteiger partial charge in [-0.25, -0.2) is 0 Å². The van der Waals surface area contributed by atoms with Crippen molar-refractivity contribution in [2.45, 2.75) is 33.7 Å². The molecular weight excluding hydrogens is 466 g/mol. The summed E-state index contributed by atoms with van der Waals surface area (Å²) in [6.07, 6.45) is 0. The Kier molecular flexibility index (Phi) is 6.59. The second kappa shape index (κ2) is 9.47. The molecule has 1 saturated heterocycles. The molecule has 180 valence electrons. The molecule has 3 aromatic rings. The molecule has 0 radical (unpaired) electrons. The van der Waals surface area contributed by atoms with E-state index in [0.717, 1.165) is 11.1 Å². The fourth-order valence-corrected chi connectivity index (χ4v) is 4.62. The standard InChI is InChI=1S/C28H26ClNO5/c1-5-35-23-14-18(8-11-22(23)31)25-24(26(32)20-12-15(2)6-7-16(20)3)27(33)28(34)30(25)21-10-9-19(29)13-17(21)4/h6-14,25,31-32H,5H2,1-4H3/b26-24+. The molecule has 1 atom stereocenters. The molecule has 0 saturated carbocycles. The molecule has 4 rings (SSSR count). The number of phenols is 1. The van der Waals surface area contributed by atoms with Crippen molar-refractivity contribution < 1.29 is 24.5 Å². The second-order valence-corrected chi connectivity index (χ2v) is 9.01. The number of aliphatic hydroxyl groups is 1. The molecule has 1 heterocycles. The van der Waals surface area contributed by atoms with Gasteiger partial charge in [0.2, 0.25) is 0 Å². The Hall–Kier alpha value is -3.77. The van der Waals surface area contributed by atoms with E-state index in [1.165, 1.54) is 11.0 Å². The lowest BCUT2D eigenvalue weighted by Crippen LogP contribution is -2.30. The first-order valence-corrected chi connectivity index (χ1v) is 11.6. The summed E-state index contributed by atoms with van der Waals surface area (Å²) in [5, 5.41) is 22.2. The van der Waals surface area contributed by atoms with Crippen LogP contribution in [0, 0.1) is 20.8 Å². The first-order valence-electron chi connectivity index (χ1n) is 11.2. The summed E-state index contributed by atoms with van der Waals surface area (Å²) in [7, 11) is 0. The van der Waals surface area contributed by atoms with Crippen LogP contribution in [0.3, 0.4) is 0 Å². The van der Waals surface area contributed by atoms with Crippen LogP contribution in [0.25, 0.3) is 5.76 Å². The van der Waals surface area contributed by atoms with Crippen molar-refractivity contribution in [1.82, 2.24) is 0 Å². The van der Waals surface area contributed by atoms with E-state index in [0.29, 0.717) is 34.0 Å². The van der Waals surface area contributed by atoms with Gasteiger partial charge in [-0.1, -0.05) is 35.4 Å². The van der Waals surface area contributed by atoms with Gasteiger partial charge in [-0.15, -0.1) is 0 Å². The summed E-state index contributed by atoms with van der Waals surface area (Å²) in [6, 6.07) is 14.3. The van der Waals surface area contributed by atoms with Gasteiger partial charge < -0.3 is 14.9 Å². The zero-order valence-corrected chi connectivity index (χ0v) is 20.7. The minimum atomic E-state index is -0.949. The Balaban J connectivity index is 2.02. The average molecular weight is 492 g/mol. The predicted octanol–water partition coefficient (Wildman–Crippen LogP) is 6.00. The summed E-state index contributed by atoms with van der Waals surface area (Å²) < 4.78 is 5.55.